The molecule has 15 nitrogen and oxygen atoms in total. The predicted molar refractivity (Wildman–Crippen MR) is 183 cm³/mol. The molecule has 0 aliphatic carbocycles. The van der Waals surface area contributed by atoms with Gasteiger partial charge in [-0.1, -0.05) is 38.5 Å². The van der Waals surface area contributed by atoms with Gasteiger partial charge in [0.2, 0.25) is 41.4 Å². The summed E-state index contributed by atoms with van der Waals surface area (Å²) >= 11 is 0. The van der Waals surface area contributed by atoms with Crippen LogP contribution < -0.4 is 26.6 Å². The quantitative estimate of drug-likeness (QED) is 0.256. The molecule has 0 spiro atoms. The number of amides is 7. The third-order valence-corrected chi connectivity index (χ3v) is 10.1. The summed E-state index contributed by atoms with van der Waals surface area (Å²) in [6.45, 7) is 6.88. The number of para-hydroxylation sites is 1. The van der Waals surface area contributed by atoms with Gasteiger partial charge in [-0.3, -0.25) is 33.6 Å². The fourth-order valence-corrected chi connectivity index (χ4v) is 6.97. The molecule has 0 radical (unpaired) electrons. The first-order chi connectivity index (χ1) is 23.9. The zero-order chi connectivity index (χ0) is 36.1. The minimum absolute atomic E-state index is 0.0817. The molecule has 5 rings (SSSR count). The van der Waals surface area contributed by atoms with Crippen LogP contribution in [-0.4, -0.2) is 112 Å². The Morgan fingerprint density at radius 3 is 2.12 bits per heavy atom. The van der Waals surface area contributed by atoms with E-state index in [1.54, 1.807) is 6.20 Å². The van der Waals surface area contributed by atoms with Crippen molar-refractivity contribution in [2.75, 3.05) is 19.6 Å². The summed E-state index contributed by atoms with van der Waals surface area (Å²) < 4.78 is 0. The van der Waals surface area contributed by atoms with Gasteiger partial charge in [0, 0.05) is 36.6 Å². The van der Waals surface area contributed by atoms with Gasteiger partial charge >= 0.3 is 0 Å². The van der Waals surface area contributed by atoms with Crippen LogP contribution in [0.5, 0.6) is 0 Å². The van der Waals surface area contributed by atoms with E-state index in [0.717, 1.165) is 16.5 Å². The van der Waals surface area contributed by atoms with Gasteiger partial charge in [0.15, 0.2) is 0 Å². The van der Waals surface area contributed by atoms with Gasteiger partial charge in [0.05, 0.1) is 6.54 Å². The van der Waals surface area contributed by atoms with Crippen LogP contribution in [0.2, 0.25) is 0 Å². The molecule has 4 heterocycles. The van der Waals surface area contributed by atoms with E-state index in [1.807, 2.05) is 38.1 Å². The Bertz CT molecular complexity index is 1640. The molecule has 270 valence electrons. The lowest BCUT2D eigenvalue weighted by Gasteiger charge is -2.34. The molecule has 3 fully saturated rings. The third kappa shape index (κ3) is 7.92. The molecule has 50 heavy (non-hydrogen) atoms. The van der Waals surface area contributed by atoms with Gasteiger partial charge in [-0.25, -0.2) is 0 Å². The lowest BCUT2D eigenvalue weighted by molar-refractivity contribution is -0.148. The Kier molecular flexibility index (Phi) is 11.4. The molecule has 2 aromatic rings. The van der Waals surface area contributed by atoms with Crippen LogP contribution >= 0.6 is 0 Å². The summed E-state index contributed by atoms with van der Waals surface area (Å²) in [5.74, 6) is -4.08. The average Bonchev–Trinajstić information content (AvgIpc) is 3.88. The number of carbonyl (C=O) groups excluding carboxylic acids is 7. The second-order valence-corrected chi connectivity index (χ2v) is 13.6. The molecule has 15 heteroatoms. The number of carbonyl (C=O) groups is 7. The highest BCUT2D eigenvalue weighted by Crippen LogP contribution is 2.27. The maximum Gasteiger partial charge on any atom is 0.246 e. The standard InChI is InChI=1S/C35H48N8O7/c1-5-19(2)29-35(50)43-15-9-13-27(43)34(49)42-14-8-12-26(42)33(48)37-18-28(44)38-20(3)30(45)39-21(4)31(46)40-25(32(47)41-29)16-22-17-36-24-11-7-6-10-23(22)24/h6-7,10-11,17,19-21,25-27,29,36H,5,8-9,12-16,18H2,1-4H3,(H,37,48)(H,38,44)(H,39,45)(H,40,46)(H,41,47)/t19-,20-,21-,25-,26-,27-,29-/m0/s1. The molecule has 0 bridgehead atoms. The normalized spacial score (nSPS) is 28.5. The van der Waals surface area contributed by atoms with E-state index >= 15 is 0 Å². The Balaban J connectivity index is 1.48. The van der Waals surface area contributed by atoms with Crippen molar-refractivity contribution in [3.05, 3.63) is 36.0 Å². The number of aromatic nitrogens is 1. The molecule has 1 aromatic carbocycles. The van der Waals surface area contributed by atoms with E-state index in [-0.39, 0.29) is 18.2 Å². The molecule has 6 N–H and O–H groups in total. The molecule has 7 amide bonds. The predicted octanol–water partition coefficient (Wildman–Crippen LogP) is -0.153. The number of nitrogens with one attached hydrogen (secondary N) is 6. The number of benzene rings is 1. The number of aromatic amines is 1. The lowest BCUT2D eigenvalue weighted by Crippen LogP contribution is -2.60. The highest BCUT2D eigenvalue weighted by atomic mass is 16.2. The second-order valence-electron chi connectivity index (χ2n) is 13.6. The number of H-pyrrole nitrogens is 1. The first-order valence-electron chi connectivity index (χ1n) is 17.5. The van der Waals surface area contributed by atoms with Crippen molar-refractivity contribution < 1.29 is 33.6 Å². The van der Waals surface area contributed by atoms with Crippen LogP contribution in [0.25, 0.3) is 10.9 Å². The molecular weight excluding hydrogens is 644 g/mol. The Morgan fingerprint density at radius 1 is 0.760 bits per heavy atom. The molecule has 3 aliphatic rings. The summed E-state index contributed by atoms with van der Waals surface area (Å²) in [5.41, 5.74) is 1.61. The van der Waals surface area contributed by atoms with E-state index in [1.165, 1.54) is 23.6 Å². The van der Waals surface area contributed by atoms with E-state index in [0.29, 0.717) is 45.2 Å². The van der Waals surface area contributed by atoms with Crippen molar-refractivity contribution in [1.82, 2.24) is 41.4 Å². The zero-order valence-corrected chi connectivity index (χ0v) is 29.0. The van der Waals surface area contributed by atoms with Gasteiger partial charge in [-0.15, -0.1) is 0 Å². The average molecular weight is 693 g/mol. The monoisotopic (exact) mass is 692 g/mol. The van der Waals surface area contributed by atoms with Gasteiger partial charge in [0.1, 0.15) is 36.3 Å². The Labute approximate surface area is 291 Å². The van der Waals surface area contributed by atoms with E-state index in [4.69, 9.17) is 0 Å². The van der Waals surface area contributed by atoms with Crippen LogP contribution in [0, 0.1) is 5.92 Å². The summed E-state index contributed by atoms with van der Waals surface area (Å²) in [6.07, 6.45) is 4.37. The van der Waals surface area contributed by atoms with Gasteiger partial charge in [-0.2, -0.15) is 0 Å². The maximum absolute atomic E-state index is 14.3. The van der Waals surface area contributed by atoms with Gasteiger partial charge in [0.25, 0.3) is 0 Å². The minimum Gasteiger partial charge on any atom is -0.361 e. The van der Waals surface area contributed by atoms with Crippen LogP contribution in [0.15, 0.2) is 30.5 Å². The third-order valence-electron chi connectivity index (χ3n) is 10.1. The van der Waals surface area contributed by atoms with E-state index in [9.17, 15) is 33.6 Å². The van der Waals surface area contributed by atoms with E-state index in [2.05, 4.69) is 31.6 Å². The van der Waals surface area contributed by atoms with Crippen molar-refractivity contribution in [3.8, 4) is 0 Å². The van der Waals surface area contributed by atoms with Crippen molar-refractivity contribution in [2.45, 2.75) is 102 Å². The van der Waals surface area contributed by atoms with Crippen molar-refractivity contribution in [3.63, 3.8) is 0 Å². The molecule has 3 aliphatic heterocycles. The zero-order valence-electron chi connectivity index (χ0n) is 29.0. The second kappa shape index (κ2) is 15.7. The molecule has 3 saturated heterocycles. The maximum atomic E-state index is 14.3. The molecule has 7 atom stereocenters. The largest absolute Gasteiger partial charge is 0.361 e. The molecule has 0 saturated carbocycles. The number of rotatable bonds is 4. The SMILES string of the molecule is CC[C@H](C)[C@@H]1NC(=O)[C@H](Cc2c[nH]c3ccccc23)NC(=O)[C@H](C)NC(=O)[C@H](C)NC(=O)CNC(=O)[C@@H]2CCCN2C(=O)[C@@H]2CCCN2C1=O. The Morgan fingerprint density at radius 2 is 1.40 bits per heavy atom. The van der Waals surface area contributed by atoms with Gasteiger partial charge in [-0.05, 0) is 57.1 Å². The summed E-state index contributed by atoms with van der Waals surface area (Å²) in [6, 6.07) is 1.66. The smallest absolute Gasteiger partial charge is 0.246 e. The first kappa shape index (κ1) is 36.3. The summed E-state index contributed by atoms with van der Waals surface area (Å²) in [5, 5.41) is 14.2. The molecule has 0 unspecified atom stereocenters. The highest BCUT2D eigenvalue weighted by Gasteiger charge is 2.44. The van der Waals surface area contributed by atoms with Crippen LogP contribution in [-0.2, 0) is 40.0 Å². The number of nitrogens with zero attached hydrogens (tertiary/aromatic N) is 2. The van der Waals surface area contributed by atoms with Crippen LogP contribution in [0.4, 0.5) is 0 Å². The first-order valence-corrected chi connectivity index (χ1v) is 17.5. The summed E-state index contributed by atoms with van der Waals surface area (Å²) in [7, 11) is 0. The topological polar surface area (TPSA) is 202 Å². The number of hydrogen-bond donors (Lipinski definition) is 6. The number of hydrogen-bond acceptors (Lipinski definition) is 7. The van der Waals surface area contributed by atoms with E-state index < -0.39 is 78.2 Å². The fourth-order valence-electron chi connectivity index (χ4n) is 6.97. The van der Waals surface area contributed by atoms with Crippen molar-refractivity contribution in [1.29, 1.82) is 0 Å². The minimum atomic E-state index is -1.13. The number of fused-ring (bicyclic) bond motifs is 3. The molecular formula is C35H48N8O7. The van der Waals surface area contributed by atoms with Crippen molar-refractivity contribution >= 4 is 52.3 Å². The molecule has 1 aromatic heterocycles. The summed E-state index contributed by atoms with van der Waals surface area (Å²) in [4.78, 5) is 101. The van der Waals surface area contributed by atoms with Crippen LogP contribution in [0.1, 0.15) is 65.4 Å². The van der Waals surface area contributed by atoms with Crippen molar-refractivity contribution in [2.24, 2.45) is 5.92 Å². The lowest BCUT2D eigenvalue weighted by atomic mass is 9.96. The highest BCUT2D eigenvalue weighted by molar-refractivity contribution is 5.98. The Hall–Kier alpha value is -4.95. The van der Waals surface area contributed by atoms with Gasteiger partial charge < -0.3 is 41.4 Å². The fraction of sp³-hybridized carbons (Fsp3) is 0.571. The van der Waals surface area contributed by atoms with Crippen LogP contribution in [0.3, 0.4) is 0 Å².